The summed E-state index contributed by atoms with van der Waals surface area (Å²) >= 11 is 7.01. The summed E-state index contributed by atoms with van der Waals surface area (Å²) in [5, 5.41) is 3.01. The minimum Gasteiger partial charge on any atom is -0.497 e. The first-order valence-corrected chi connectivity index (χ1v) is 12.0. The Morgan fingerprint density at radius 1 is 1.21 bits per heavy atom. The third-order valence-corrected chi connectivity index (χ3v) is 9.00. The second-order valence-corrected chi connectivity index (χ2v) is 10.5. The Kier molecular flexibility index (Phi) is 4.71. The van der Waals surface area contributed by atoms with Crippen molar-refractivity contribution in [3.8, 4) is 5.75 Å². The number of hydrogen-bond donors (Lipinski definition) is 1. The molecule has 0 saturated carbocycles. The van der Waals surface area contributed by atoms with Crippen molar-refractivity contribution in [2.45, 2.75) is 22.7 Å². The lowest BCUT2D eigenvalue weighted by atomic mass is 9.73. The molecule has 0 radical (unpaired) electrons. The maximum Gasteiger partial charge on any atom is 0.251 e. The Morgan fingerprint density at radius 2 is 2.00 bits per heavy atom. The van der Waals surface area contributed by atoms with Gasteiger partial charge in [-0.2, -0.15) is 0 Å². The predicted octanol–water partition coefficient (Wildman–Crippen LogP) is 3.56. The number of rotatable bonds is 4. The van der Waals surface area contributed by atoms with Crippen LogP contribution in [0.1, 0.15) is 23.0 Å². The number of amides is 2. The molecule has 3 aromatic rings. The number of benzene rings is 1. The number of likely N-dealkylation sites (N-methyl/N-ethyl adjacent to an activating group) is 1. The summed E-state index contributed by atoms with van der Waals surface area (Å²) in [6.07, 6.45) is 3.15. The van der Waals surface area contributed by atoms with E-state index in [-0.39, 0.29) is 18.4 Å². The molecule has 1 aromatic carbocycles. The summed E-state index contributed by atoms with van der Waals surface area (Å²) in [5.74, 6) is 0.918. The van der Waals surface area contributed by atoms with Crippen molar-refractivity contribution in [3.63, 3.8) is 0 Å². The van der Waals surface area contributed by atoms with Crippen LogP contribution in [-0.2, 0) is 21.7 Å². The molecule has 0 bridgehead atoms. The molecule has 1 N–H and O–H groups in total. The molecule has 2 aromatic heterocycles. The SMILES string of the molecule is COc1ccc2c(c1)[C@@]1(C(=O)N2)N(C)C[C@@H](c2ccco2)[C@@]12SC(=S)N(Cc1ccco1)C2=O. The van der Waals surface area contributed by atoms with E-state index >= 15 is 0 Å². The van der Waals surface area contributed by atoms with Crippen LogP contribution in [0.25, 0.3) is 0 Å². The predicted molar refractivity (Wildman–Crippen MR) is 130 cm³/mol. The van der Waals surface area contributed by atoms with E-state index in [1.54, 1.807) is 48.8 Å². The molecule has 3 aliphatic heterocycles. The second kappa shape index (κ2) is 7.46. The molecule has 174 valence electrons. The number of fused-ring (bicyclic) bond motifs is 3. The molecular formula is C24H21N3O5S2. The zero-order valence-electron chi connectivity index (χ0n) is 18.4. The van der Waals surface area contributed by atoms with Crippen LogP contribution in [0.2, 0.25) is 0 Å². The fraction of sp³-hybridized carbons (Fsp3) is 0.292. The molecule has 10 heteroatoms. The van der Waals surface area contributed by atoms with Gasteiger partial charge in [-0.15, -0.1) is 0 Å². The van der Waals surface area contributed by atoms with Gasteiger partial charge in [0.15, 0.2) is 5.54 Å². The van der Waals surface area contributed by atoms with Crippen LogP contribution in [0, 0.1) is 0 Å². The van der Waals surface area contributed by atoms with Gasteiger partial charge >= 0.3 is 0 Å². The van der Waals surface area contributed by atoms with Gasteiger partial charge in [0.25, 0.3) is 5.91 Å². The number of thiocarbonyl (C=S) groups is 1. The number of ether oxygens (including phenoxy) is 1. The van der Waals surface area contributed by atoms with E-state index < -0.39 is 16.2 Å². The Balaban J connectivity index is 1.59. The zero-order valence-corrected chi connectivity index (χ0v) is 20.1. The number of thioether (sulfide) groups is 1. The lowest BCUT2D eigenvalue weighted by Gasteiger charge is -2.41. The van der Waals surface area contributed by atoms with E-state index in [1.807, 2.05) is 30.1 Å². The molecule has 3 aliphatic rings. The van der Waals surface area contributed by atoms with Crippen molar-refractivity contribution in [2.24, 2.45) is 0 Å². The van der Waals surface area contributed by atoms with Crippen LogP contribution >= 0.6 is 24.0 Å². The van der Waals surface area contributed by atoms with Crippen molar-refractivity contribution < 1.29 is 23.2 Å². The minimum atomic E-state index is -1.32. The maximum atomic E-state index is 14.5. The van der Waals surface area contributed by atoms with E-state index in [2.05, 4.69) is 5.32 Å². The van der Waals surface area contributed by atoms with Crippen molar-refractivity contribution in [2.75, 3.05) is 26.0 Å². The van der Waals surface area contributed by atoms with E-state index in [1.165, 1.54) is 11.8 Å². The van der Waals surface area contributed by atoms with Gasteiger partial charge in [0.1, 0.15) is 26.3 Å². The van der Waals surface area contributed by atoms with Gasteiger partial charge in [-0.3, -0.25) is 19.4 Å². The molecule has 2 fully saturated rings. The van der Waals surface area contributed by atoms with E-state index in [9.17, 15) is 9.59 Å². The van der Waals surface area contributed by atoms with Crippen LogP contribution in [0.15, 0.2) is 63.8 Å². The normalized spacial score (nSPS) is 28.4. The van der Waals surface area contributed by atoms with Gasteiger partial charge in [-0.1, -0.05) is 24.0 Å². The van der Waals surface area contributed by atoms with Gasteiger partial charge in [0, 0.05) is 17.8 Å². The number of anilines is 1. The summed E-state index contributed by atoms with van der Waals surface area (Å²) in [6.45, 7) is 0.615. The lowest BCUT2D eigenvalue weighted by molar-refractivity contribution is -0.138. The van der Waals surface area contributed by atoms with E-state index in [4.69, 9.17) is 25.8 Å². The Labute approximate surface area is 205 Å². The number of carbonyl (C=O) groups is 2. The molecule has 2 amide bonds. The first kappa shape index (κ1) is 21.5. The van der Waals surface area contributed by atoms with E-state index in [0.29, 0.717) is 39.4 Å². The number of furan rings is 2. The van der Waals surface area contributed by atoms with Crippen LogP contribution in [0.5, 0.6) is 5.75 Å². The molecule has 2 saturated heterocycles. The molecule has 6 rings (SSSR count). The highest BCUT2D eigenvalue weighted by Crippen LogP contribution is 2.66. The van der Waals surface area contributed by atoms with Crippen molar-refractivity contribution >= 4 is 45.8 Å². The third kappa shape index (κ3) is 2.56. The average Bonchev–Trinajstić information content (AvgIpc) is 3.63. The highest BCUT2D eigenvalue weighted by molar-refractivity contribution is 8.25. The topological polar surface area (TPSA) is 88.2 Å². The first-order chi connectivity index (χ1) is 16.4. The van der Waals surface area contributed by atoms with Gasteiger partial charge in [-0.05, 0) is 49.5 Å². The number of methoxy groups -OCH3 is 1. The summed E-state index contributed by atoms with van der Waals surface area (Å²) in [6, 6.07) is 12.7. The fourth-order valence-corrected chi connectivity index (χ4v) is 7.77. The molecule has 34 heavy (non-hydrogen) atoms. The summed E-state index contributed by atoms with van der Waals surface area (Å²) in [7, 11) is 3.44. The number of hydrogen-bond acceptors (Lipinski definition) is 8. The summed E-state index contributed by atoms with van der Waals surface area (Å²) in [5.41, 5.74) is 0.0238. The van der Waals surface area contributed by atoms with Crippen LogP contribution in [0.4, 0.5) is 5.69 Å². The number of nitrogens with zero attached hydrogens (tertiary/aromatic N) is 2. The molecule has 3 atom stereocenters. The lowest BCUT2D eigenvalue weighted by Crippen LogP contribution is -2.61. The quantitative estimate of drug-likeness (QED) is 0.550. The molecular weight excluding hydrogens is 474 g/mol. The monoisotopic (exact) mass is 495 g/mol. The van der Waals surface area contributed by atoms with Gasteiger partial charge in [-0.25, -0.2) is 0 Å². The smallest absolute Gasteiger partial charge is 0.251 e. The second-order valence-electron chi connectivity index (χ2n) is 8.60. The molecule has 8 nitrogen and oxygen atoms in total. The van der Waals surface area contributed by atoms with Crippen LogP contribution in [0.3, 0.4) is 0 Å². The Hall–Kier alpha value is -3.08. The maximum absolute atomic E-state index is 14.5. The highest BCUT2D eigenvalue weighted by Gasteiger charge is 2.78. The van der Waals surface area contributed by atoms with Gasteiger partial charge in [0.2, 0.25) is 5.91 Å². The summed E-state index contributed by atoms with van der Waals surface area (Å²) < 4.78 is 15.9. The first-order valence-electron chi connectivity index (χ1n) is 10.8. The Bertz CT molecular complexity index is 1310. The van der Waals surface area contributed by atoms with Gasteiger partial charge < -0.3 is 18.9 Å². The Morgan fingerprint density at radius 3 is 2.71 bits per heavy atom. The third-order valence-electron chi connectivity index (χ3n) is 7.06. The molecule has 0 unspecified atom stereocenters. The zero-order chi connectivity index (χ0) is 23.7. The summed E-state index contributed by atoms with van der Waals surface area (Å²) in [4.78, 5) is 31.9. The van der Waals surface area contributed by atoms with Gasteiger partial charge in [0.05, 0.1) is 32.1 Å². The van der Waals surface area contributed by atoms with E-state index in [0.717, 1.165) is 0 Å². The highest BCUT2D eigenvalue weighted by atomic mass is 32.2. The average molecular weight is 496 g/mol. The van der Waals surface area contributed by atoms with Crippen LogP contribution in [-0.4, -0.2) is 51.4 Å². The largest absolute Gasteiger partial charge is 0.497 e. The van der Waals surface area contributed by atoms with Crippen molar-refractivity contribution in [3.05, 3.63) is 72.1 Å². The van der Waals surface area contributed by atoms with Crippen LogP contribution < -0.4 is 10.1 Å². The molecule has 0 aliphatic carbocycles. The van der Waals surface area contributed by atoms with Crippen molar-refractivity contribution in [1.29, 1.82) is 0 Å². The number of likely N-dealkylation sites (tertiary alicyclic amines) is 1. The standard InChI is InChI=1S/C24H21N3O5S2/c1-26-13-17(19-6-4-10-32-19)24(21(29)27(22(33)34-24)12-15-5-3-9-31-15)23(26)16-11-14(30-2)7-8-18(16)25-20(23)28/h3-11,17H,12-13H2,1-2H3,(H,25,28)/t17-,23-,24-/m0/s1. The minimum absolute atomic E-state index is 0.191. The molecule has 2 spiro atoms. The van der Waals surface area contributed by atoms with Crippen molar-refractivity contribution in [1.82, 2.24) is 9.80 Å². The number of nitrogens with one attached hydrogen (secondary N) is 1. The fourth-order valence-electron chi connectivity index (χ4n) is 5.66. The number of carbonyl (C=O) groups excluding carboxylic acids is 2. The molecule has 5 heterocycles.